The van der Waals surface area contributed by atoms with Crippen molar-refractivity contribution in [3.8, 4) is 0 Å². The number of nitroso groups, excluding NO2 is 1. The van der Waals surface area contributed by atoms with E-state index in [1.54, 1.807) is 7.05 Å². The molecule has 1 aromatic carbocycles. The molecule has 0 heterocycles. The summed E-state index contributed by atoms with van der Waals surface area (Å²) < 4.78 is 0. The summed E-state index contributed by atoms with van der Waals surface area (Å²) in [7, 11) is 1.73. The van der Waals surface area contributed by atoms with E-state index in [9.17, 15) is 4.91 Å². The lowest BCUT2D eigenvalue weighted by Crippen LogP contribution is -2.27. The quantitative estimate of drug-likeness (QED) is 0.709. The molecular formula is C10H10N2O. The Morgan fingerprint density at radius 3 is 2.46 bits per heavy atom. The molecule has 0 aliphatic heterocycles. The Balaban J connectivity index is 2.24. The predicted molar refractivity (Wildman–Crippen MR) is 52.0 cm³/mol. The average Bonchev–Trinajstić information content (AvgIpc) is 2.95. The normalized spacial score (nSPS) is 25.2. The van der Waals surface area contributed by atoms with Crippen LogP contribution in [0.5, 0.6) is 0 Å². The van der Waals surface area contributed by atoms with Gasteiger partial charge in [0.15, 0.2) is 5.66 Å². The Morgan fingerprint density at radius 2 is 2.00 bits per heavy atom. The minimum Gasteiger partial charge on any atom is -0.286 e. The lowest BCUT2D eigenvalue weighted by molar-refractivity contribution is 0.637. The van der Waals surface area contributed by atoms with Crippen LogP contribution in [0.1, 0.15) is 5.56 Å². The highest BCUT2D eigenvalue weighted by molar-refractivity contribution is 5.88. The zero-order valence-corrected chi connectivity index (χ0v) is 7.32. The third-order valence-corrected chi connectivity index (χ3v) is 2.29. The summed E-state index contributed by atoms with van der Waals surface area (Å²) >= 11 is 0. The van der Waals surface area contributed by atoms with Gasteiger partial charge >= 0.3 is 0 Å². The van der Waals surface area contributed by atoms with Gasteiger partial charge in [-0.3, -0.25) is 5.32 Å². The molecule has 0 radical (unpaired) electrons. The fourth-order valence-electron chi connectivity index (χ4n) is 1.42. The second-order valence-electron chi connectivity index (χ2n) is 3.03. The van der Waals surface area contributed by atoms with Gasteiger partial charge in [-0.15, -0.1) is 4.91 Å². The molecule has 3 nitrogen and oxygen atoms in total. The Kier molecular flexibility index (Phi) is 1.74. The van der Waals surface area contributed by atoms with Crippen molar-refractivity contribution in [3.63, 3.8) is 0 Å². The van der Waals surface area contributed by atoms with E-state index in [2.05, 4.69) is 10.5 Å². The van der Waals surface area contributed by atoms with Crippen LogP contribution in [0.3, 0.4) is 0 Å². The molecule has 66 valence electrons. The van der Waals surface area contributed by atoms with Gasteiger partial charge in [0.1, 0.15) is 0 Å². The molecule has 1 N–H and O–H groups in total. The highest BCUT2D eigenvalue weighted by atomic mass is 16.3. The van der Waals surface area contributed by atoms with Crippen LogP contribution in [0.4, 0.5) is 0 Å². The second kappa shape index (κ2) is 2.78. The van der Waals surface area contributed by atoms with Gasteiger partial charge in [0.05, 0.1) is 0 Å². The monoisotopic (exact) mass is 174 g/mol. The van der Waals surface area contributed by atoms with Crippen LogP contribution in [0.25, 0.3) is 5.57 Å². The van der Waals surface area contributed by atoms with Crippen molar-refractivity contribution in [2.24, 2.45) is 5.18 Å². The molecule has 0 saturated heterocycles. The first kappa shape index (κ1) is 8.13. The number of hydrogen-bond acceptors (Lipinski definition) is 3. The van der Waals surface area contributed by atoms with Gasteiger partial charge in [-0.2, -0.15) is 0 Å². The molecule has 13 heavy (non-hydrogen) atoms. The molecule has 0 aromatic heterocycles. The Hall–Kier alpha value is -1.48. The smallest absolute Gasteiger partial charge is 0.198 e. The first-order valence-electron chi connectivity index (χ1n) is 4.14. The summed E-state index contributed by atoms with van der Waals surface area (Å²) in [6.07, 6.45) is 1.83. The molecule has 1 aliphatic rings. The Bertz CT molecular complexity index is 358. The molecule has 1 atom stereocenters. The van der Waals surface area contributed by atoms with Gasteiger partial charge in [0, 0.05) is 5.57 Å². The number of nitrogens with zero attached hydrogens (tertiary/aromatic N) is 1. The molecule has 2 rings (SSSR count). The van der Waals surface area contributed by atoms with E-state index in [1.165, 1.54) is 0 Å². The van der Waals surface area contributed by atoms with Crippen molar-refractivity contribution in [1.29, 1.82) is 0 Å². The number of nitrogens with one attached hydrogen (secondary N) is 1. The number of benzene rings is 1. The van der Waals surface area contributed by atoms with E-state index in [0.29, 0.717) is 0 Å². The maximum Gasteiger partial charge on any atom is 0.198 e. The third kappa shape index (κ3) is 1.17. The van der Waals surface area contributed by atoms with E-state index in [1.807, 2.05) is 36.4 Å². The average molecular weight is 174 g/mol. The zero-order chi connectivity index (χ0) is 9.31. The largest absolute Gasteiger partial charge is 0.286 e. The van der Waals surface area contributed by atoms with Gasteiger partial charge < -0.3 is 0 Å². The molecular weight excluding hydrogens is 164 g/mol. The minimum absolute atomic E-state index is 0.735. The molecule has 0 amide bonds. The lowest BCUT2D eigenvalue weighted by atomic mass is 10.1. The highest BCUT2D eigenvalue weighted by Gasteiger charge is 2.45. The molecule has 0 fully saturated rings. The van der Waals surface area contributed by atoms with Crippen molar-refractivity contribution in [2.45, 2.75) is 5.66 Å². The summed E-state index contributed by atoms with van der Waals surface area (Å²) in [5.41, 5.74) is 1.28. The first-order valence-corrected chi connectivity index (χ1v) is 4.14. The Morgan fingerprint density at radius 1 is 1.31 bits per heavy atom. The predicted octanol–water partition coefficient (Wildman–Crippen LogP) is 1.77. The molecule has 0 bridgehead atoms. The van der Waals surface area contributed by atoms with Crippen molar-refractivity contribution >= 4 is 5.57 Å². The van der Waals surface area contributed by atoms with Gasteiger partial charge in [0.25, 0.3) is 0 Å². The third-order valence-electron chi connectivity index (χ3n) is 2.29. The molecule has 0 saturated carbocycles. The van der Waals surface area contributed by atoms with E-state index in [0.717, 1.165) is 11.1 Å². The minimum atomic E-state index is -0.735. The number of hydrogen-bond donors (Lipinski definition) is 1. The van der Waals surface area contributed by atoms with E-state index in [4.69, 9.17) is 0 Å². The lowest BCUT2D eigenvalue weighted by Gasteiger charge is -2.07. The number of rotatable bonds is 3. The fraction of sp³-hybridized carbons (Fsp3) is 0.200. The topological polar surface area (TPSA) is 41.5 Å². The van der Waals surface area contributed by atoms with E-state index in [-0.39, 0.29) is 0 Å². The summed E-state index contributed by atoms with van der Waals surface area (Å²) in [4.78, 5) is 10.5. The standard InChI is InChI=1S/C10H10N2O/c1-11-10(12-13)7-9(10)8-5-3-2-4-6-8/h2-7,11H,1H3. The molecule has 1 aromatic rings. The van der Waals surface area contributed by atoms with Crippen LogP contribution in [-0.4, -0.2) is 12.7 Å². The Labute approximate surface area is 76.4 Å². The van der Waals surface area contributed by atoms with Crippen LogP contribution in [0, 0.1) is 4.91 Å². The van der Waals surface area contributed by atoms with Crippen LogP contribution in [0.2, 0.25) is 0 Å². The molecule has 3 heteroatoms. The van der Waals surface area contributed by atoms with Crippen LogP contribution in [0.15, 0.2) is 41.6 Å². The van der Waals surface area contributed by atoms with Crippen LogP contribution in [-0.2, 0) is 0 Å². The van der Waals surface area contributed by atoms with Crippen molar-refractivity contribution in [3.05, 3.63) is 46.9 Å². The maximum atomic E-state index is 10.5. The molecule has 1 unspecified atom stereocenters. The summed E-state index contributed by atoms with van der Waals surface area (Å²) in [5.74, 6) is 0. The first-order chi connectivity index (χ1) is 6.32. The van der Waals surface area contributed by atoms with E-state index < -0.39 is 5.66 Å². The van der Waals surface area contributed by atoms with E-state index >= 15 is 0 Å². The van der Waals surface area contributed by atoms with Gasteiger partial charge in [-0.25, -0.2) is 0 Å². The van der Waals surface area contributed by atoms with Crippen molar-refractivity contribution in [2.75, 3.05) is 7.05 Å². The summed E-state index contributed by atoms with van der Waals surface area (Å²) in [6.45, 7) is 0. The van der Waals surface area contributed by atoms with Crippen molar-refractivity contribution < 1.29 is 0 Å². The second-order valence-corrected chi connectivity index (χ2v) is 3.03. The SMILES string of the molecule is CNC1(N=O)C=C1c1ccccc1. The summed E-state index contributed by atoms with van der Waals surface area (Å²) in [5, 5.41) is 5.93. The number of likely N-dealkylation sites (N-methyl/N-ethyl adjacent to an activating group) is 1. The molecule has 0 spiro atoms. The van der Waals surface area contributed by atoms with Crippen LogP contribution >= 0.6 is 0 Å². The van der Waals surface area contributed by atoms with Gasteiger partial charge in [-0.1, -0.05) is 30.3 Å². The fourth-order valence-corrected chi connectivity index (χ4v) is 1.42. The van der Waals surface area contributed by atoms with Gasteiger partial charge in [0.2, 0.25) is 0 Å². The van der Waals surface area contributed by atoms with Crippen LogP contribution < -0.4 is 5.32 Å². The highest BCUT2D eigenvalue weighted by Crippen LogP contribution is 2.42. The van der Waals surface area contributed by atoms with Gasteiger partial charge in [-0.05, 0) is 23.9 Å². The summed E-state index contributed by atoms with van der Waals surface area (Å²) in [6, 6.07) is 9.77. The maximum absolute atomic E-state index is 10.5. The van der Waals surface area contributed by atoms with Crippen molar-refractivity contribution in [1.82, 2.24) is 5.32 Å². The molecule has 1 aliphatic carbocycles. The zero-order valence-electron chi connectivity index (χ0n) is 7.32.